The van der Waals surface area contributed by atoms with Crippen LogP contribution in [0.4, 0.5) is 0 Å². The van der Waals surface area contributed by atoms with Crippen molar-refractivity contribution >= 4 is 11.8 Å². The highest BCUT2D eigenvalue weighted by atomic mass is 16.2. The lowest BCUT2D eigenvalue weighted by Crippen LogP contribution is -2.39. The van der Waals surface area contributed by atoms with E-state index in [1.54, 1.807) is 30.3 Å². The number of carbonyl (C=O) groups excluding carboxylic acids is 2. The average molecular weight is 354 g/mol. The van der Waals surface area contributed by atoms with Gasteiger partial charge in [-0.25, -0.2) is 4.68 Å². The van der Waals surface area contributed by atoms with Gasteiger partial charge in [-0.3, -0.25) is 14.4 Å². The van der Waals surface area contributed by atoms with Crippen LogP contribution in [0.1, 0.15) is 34.5 Å². The molecule has 136 valence electrons. The van der Waals surface area contributed by atoms with E-state index in [4.69, 9.17) is 0 Å². The summed E-state index contributed by atoms with van der Waals surface area (Å²) in [5, 5.41) is 9.66. The van der Waals surface area contributed by atoms with Gasteiger partial charge in [-0.15, -0.1) is 0 Å². The summed E-state index contributed by atoms with van der Waals surface area (Å²) in [5.74, 6) is -0.603. The molecule has 1 aliphatic rings. The Kier molecular flexibility index (Phi) is 5.78. The van der Waals surface area contributed by atoms with Gasteiger partial charge in [-0.2, -0.15) is 5.10 Å². The number of carbonyl (C=O) groups is 2. The van der Waals surface area contributed by atoms with Gasteiger partial charge in [0.2, 0.25) is 5.91 Å². The lowest BCUT2D eigenvalue weighted by molar-refractivity contribution is -0.120. The number of fused-ring (bicyclic) bond motifs is 1. The van der Waals surface area contributed by atoms with Crippen molar-refractivity contribution in [3.8, 4) is 0 Å². The van der Waals surface area contributed by atoms with E-state index in [-0.39, 0.29) is 30.5 Å². The van der Waals surface area contributed by atoms with Crippen LogP contribution in [-0.4, -0.2) is 34.7 Å². The number of rotatable bonds is 6. The summed E-state index contributed by atoms with van der Waals surface area (Å²) in [5.41, 5.74) is 2.39. The highest BCUT2D eigenvalue weighted by Gasteiger charge is 2.13. The Morgan fingerprint density at radius 3 is 2.65 bits per heavy atom. The van der Waals surface area contributed by atoms with E-state index in [1.165, 1.54) is 4.68 Å². The summed E-state index contributed by atoms with van der Waals surface area (Å²) in [6.45, 7) is 0.483. The zero-order valence-electron chi connectivity index (χ0n) is 14.5. The second kappa shape index (κ2) is 8.42. The summed E-state index contributed by atoms with van der Waals surface area (Å²) in [7, 11) is 0. The molecule has 1 aliphatic carbocycles. The van der Waals surface area contributed by atoms with Crippen molar-refractivity contribution < 1.29 is 9.59 Å². The first-order valence-electron chi connectivity index (χ1n) is 8.83. The molecule has 26 heavy (non-hydrogen) atoms. The standard InChI is InChI=1S/C19H22N4O3/c24-17(13-21-19(26)14-6-2-1-3-7-14)20-10-11-23-18(25)12-15-8-4-5-9-16(15)22-23/h1-3,6-7,12H,4-5,8-11,13H2,(H,20,24)(H,21,26). The second-order valence-corrected chi connectivity index (χ2v) is 6.28. The number of hydrogen-bond acceptors (Lipinski definition) is 4. The van der Waals surface area contributed by atoms with E-state index >= 15 is 0 Å². The number of benzene rings is 1. The van der Waals surface area contributed by atoms with Gasteiger partial charge < -0.3 is 10.6 Å². The summed E-state index contributed by atoms with van der Waals surface area (Å²) in [6, 6.07) is 10.4. The molecule has 1 aromatic heterocycles. The fraction of sp³-hybridized carbons (Fsp3) is 0.368. The fourth-order valence-electron chi connectivity index (χ4n) is 2.98. The third-order valence-electron chi connectivity index (χ3n) is 4.37. The molecule has 0 atom stereocenters. The Morgan fingerprint density at radius 1 is 1.08 bits per heavy atom. The SMILES string of the molecule is O=C(CNC(=O)c1ccccc1)NCCn1nc2c(cc1=O)CCCC2. The Labute approximate surface area is 151 Å². The van der Waals surface area contributed by atoms with Crippen molar-refractivity contribution in [1.29, 1.82) is 0 Å². The molecule has 0 bridgehead atoms. The molecule has 0 unspecified atom stereocenters. The number of nitrogens with one attached hydrogen (secondary N) is 2. The molecule has 2 aromatic rings. The number of hydrogen-bond donors (Lipinski definition) is 2. The molecule has 1 aromatic carbocycles. The van der Waals surface area contributed by atoms with Crippen LogP contribution in [0.15, 0.2) is 41.2 Å². The molecule has 7 heteroatoms. The van der Waals surface area contributed by atoms with E-state index in [2.05, 4.69) is 15.7 Å². The van der Waals surface area contributed by atoms with Gasteiger partial charge in [0.1, 0.15) is 0 Å². The zero-order chi connectivity index (χ0) is 18.4. The van der Waals surface area contributed by atoms with Crippen molar-refractivity contribution in [2.75, 3.05) is 13.1 Å². The molecule has 1 heterocycles. The van der Waals surface area contributed by atoms with Crippen molar-refractivity contribution in [2.45, 2.75) is 32.2 Å². The highest BCUT2D eigenvalue weighted by Crippen LogP contribution is 2.16. The zero-order valence-corrected chi connectivity index (χ0v) is 14.5. The number of aromatic nitrogens is 2. The summed E-state index contributed by atoms with van der Waals surface area (Å²) >= 11 is 0. The second-order valence-electron chi connectivity index (χ2n) is 6.28. The monoisotopic (exact) mass is 354 g/mol. The smallest absolute Gasteiger partial charge is 0.267 e. The maximum Gasteiger partial charge on any atom is 0.267 e. The van der Waals surface area contributed by atoms with E-state index in [0.717, 1.165) is 36.9 Å². The molecule has 7 nitrogen and oxygen atoms in total. The van der Waals surface area contributed by atoms with Crippen LogP contribution >= 0.6 is 0 Å². The molecule has 0 spiro atoms. The van der Waals surface area contributed by atoms with Gasteiger partial charge >= 0.3 is 0 Å². The van der Waals surface area contributed by atoms with Crippen LogP contribution in [-0.2, 0) is 24.2 Å². The third-order valence-corrected chi connectivity index (χ3v) is 4.37. The Hall–Kier alpha value is -2.96. The van der Waals surface area contributed by atoms with Crippen molar-refractivity contribution in [1.82, 2.24) is 20.4 Å². The van der Waals surface area contributed by atoms with E-state index in [1.807, 2.05) is 6.07 Å². The topological polar surface area (TPSA) is 93.1 Å². The molecule has 2 amide bonds. The minimum atomic E-state index is -0.305. The van der Waals surface area contributed by atoms with Gasteiger partial charge in [0.25, 0.3) is 11.5 Å². The van der Waals surface area contributed by atoms with Gasteiger partial charge in [-0.1, -0.05) is 18.2 Å². The molecular formula is C19H22N4O3. The number of aryl methyl sites for hydroxylation is 2. The first-order valence-corrected chi connectivity index (χ1v) is 8.83. The minimum Gasteiger partial charge on any atom is -0.353 e. The average Bonchev–Trinajstić information content (AvgIpc) is 2.67. The van der Waals surface area contributed by atoms with Crippen molar-refractivity contribution in [3.63, 3.8) is 0 Å². The molecular weight excluding hydrogens is 332 g/mol. The molecule has 0 fully saturated rings. The summed E-state index contributed by atoms with van der Waals surface area (Å²) in [6.07, 6.45) is 4.00. The molecule has 3 rings (SSSR count). The summed E-state index contributed by atoms with van der Waals surface area (Å²) < 4.78 is 1.40. The quantitative estimate of drug-likeness (QED) is 0.797. The molecule has 0 saturated carbocycles. The largest absolute Gasteiger partial charge is 0.353 e. The number of nitrogens with zero attached hydrogens (tertiary/aromatic N) is 2. The molecule has 0 radical (unpaired) electrons. The molecule has 0 saturated heterocycles. The van der Waals surface area contributed by atoms with Gasteiger partial charge in [0, 0.05) is 18.2 Å². The maximum atomic E-state index is 12.1. The lowest BCUT2D eigenvalue weighted by atomic mass is 9.97. The van der Waals surface area contributed by atoms with Crippen LogP contribution in [0.3, 0.4) is 0 Å². The van der Waals surface area contributed by atoms with Crippen LogP contribution in [0.5, 0.6) is 0 Å². The Morgan fingerprint density at radius 2 is 1.85 bits per heavy atom. The lowest BCUT2D eigenvalue weighted by Gasteiger charge is -2.16. The van der Waals surface area contributed by atoms with Gasteiger partial charge in [0.15, 0.2) is 0 Å². The van der Waals surface area contributed by atoms with E-state index in [0.29, 0.717) is 12.1 Å². The van der Waals surface area contributed by atoms with E-state index in [9.17, 15) is 14.4 Å². The Bertz CT molecular complexity index is 846. The van der Waals surface area contributed by atoms with E-state index < -0.39 is 0 Å². The first-order chi connectivity index (χ1) is 12.6. The molecule has 2 N–H and O–H groups in total. The Balaban J connectivity index is 1.45. The summed E-state index contributed by atoms with van der Waals surface area (Å²) in [4.78, 5) is 35.8. The van der Waals surface area contributed by atoms with Crippen molar-refractivity contribution in [3.05, 3.63) is 63.6 Å². The predicted octanol–water partition coefficient (Wildman–Crippen LogP) is 0.668. The minimum absolute atomic E-state index is 0.111. The first kappa shape index (κ1) is 17.8. The fourth-order valence-corrected chi connectivity index (χ4v) is 2.98. The van der Waals surface area contributed by atoms with Crippen LogP contribution in [0.2, 0.25) is 0 Å². The van der Waals surface area contributed by atoms with Crippen LogP contribution in [0, 0.1) is 0 Å². The normalized spacial score (nSPS) is 12.9. The number of amides is 2. The maximum absolute atomic E-state index is 12.1. The predicted molar refractivity (Wildman–Crippen MR) is 96.9 cm³/mol. The van der Waals surface area contributed by atoms with Crippen LogP contribution in [0.25, 0.3) is 0 Å². The third kappa shape index (κ3) is 4.56. The van der Waals surface area contributed by atoms with Gasteiger partial charge in [-0.05, 0) is 43.4 Å². The highest BCUT2D eigenvalue weighted by molar-refractivity contribution is 5.96. The van der Waals surface area contributed by atoms with Crippen molar-refractivity contribution in [2.24, 2.45) is 0 Å². The molecule has 0 aliphatic heterocycles. The van der Waals surface area contributed by atoms with Gasteiger partial charge in [0.05, 0.1) is 18.8 Å². The van der Waals surface area contributed by atoms with Crippen LogP contribution < -0.4 is 16.2 Å².